The standard InChI is InChI=1S/C24H25FN2O4/c1-13-9-15(3-6-18(13)25)21-17-5-4-16(29)10-19(17)27-22(20(21)14(2)11-28)26-12-24(7-8-24)23(30)31/h3-6,9-10,14,28-29H,7-8,11-12H2,1-2H3,(H,26,27)(H,30,31). The highest BCUT2D eigenvalue weighted by atomic mass is 19.1. The number of aliphatic hydroxyl groups is 1. The van der Waals surface area contributed by atoms with Crippen LogP contribution in [0.1, 0.15) is 36.8 Å². The molecular weight excluding hydrogens is 399 g/mol. The summed E-state index contributed by atoms with van der Waals surface area (Å²) >= 11 is 0. The second-order valence-corrected chi connectivity index (χ2v) is 8.44. The fraction of sp³-hybridized carbons (Fsp3) is 0.333. The van der Waals surface area contributed by atoms with E-state index in [0.29, 0.717) is 29.7 Å². The van der Waals surface area contributed by atoms with Crippen LogP contribution in [-0.4, -0.2) is 39.4 Å². The van der Waals surface area contributed by atoms with E-state index in [1.54, 1.807) is 31.2 Å². The molecule has 0 radical (unpaired) electrons. The molecule has 0 amide bonds. The summed E-state index contributed by atoms with van der Waals surface area (Å²) in [4.78, 5) is 16.3. The van der Waals surface area contributed by atoms with Gasteiger partial charge in [-0.05, 0) is 60.7 Å². The average Bonchev–Trinajstić information content (AvgIpc) is 3.54. The number of halogens is 1. The molecule has 6 nitrogen and oxygen atoms in total. The van der Waals surface area contributed by atoms with Crippen molar-refractivity contribution in [1.82, 2.24) is 4.98 Å². The molecule has 31 heavy (non-hydrogen) atoms. The van der Waals surface area contributed by atoms with Crippen molar-refractivity contribution in [1.29, 1.82) is 0 Å². The maximum absolute atomic E-state index is 14.0. The number of hydrogen-bond acceptors (Lipinski definition) is 5. The zero-order chi connectivity index (χ0) is 22.3. The van der Waals surface area contributed by atoms with Gasteiger partial charge in [-0.3, -0.25) is 4.79 Å². The van der Waals surface area contributed by atoms with Crippen LogP contribution in [0.25, 0.3) is 22.0 Å². The van der Waals surface area contributed by atoms with E-state index in [9.17, 15) is 24.5 Å². The minimum atomic E-state index is -0.843. The molecule has 1 saturated carbocycles. The largest absolute Gasteiger partial charge is 0.508 e. The first-order valence-electron chi connectivity index (χ1n) is 10.3. The molecular formula is C24H25FN2O4. The van der Waals surface area contributed by atoms with Gasteiger partial charge in [0.05, 0.1) is 10.9 Å². The second-order valence-electron chi connectivity index (χ2n) is 8.44. The molecule has 1 atom stereocenters. The van der Waals surface area contributed by atoms with Crippen LogP contribution in [0.15, 0.2) is 36.4 Å². The van der Waals surface area contributed by atoms with E-state index in [1.807, 2.05) is 6.92 Å². The number of pyridine rings is 1. The summed E-state index contributed by atoms with van der Waals surface area (Å²) < 4.78 is 14.0. The lowest BCUT2D eigenvalue weighted by Gasteiger charge is -2.23. The SMILES string of the molecule is Cc1cc(-c2c(C(C)CO)c(NCC3(C(=O)O)CC3)nc3cc(O)ccc23)ccc1F. The molecule has 4 N–H and O–H groups in total. The molecule has 1 fully saturated rings. The molecule has 0 spiro atoms. The van der Waals surface area contributed by atoms with Crippen LogP contribution in [0.5, 0.6) is 5.75 Å². The van der Waals surface area contributed by atoms with Crippen LogP contribution in [0.3, 0.4) is 0 Å². The van der Waals surface area contributed by atoms with E-state index in [2.05, 4.69) is 10.3 Å². The number of carbonyl (C=O) groups is 1. The van der Waals surface area contributed by atoms with E-state index in [0.717, 1.165) is 22.1 Å². The smallest absolute Gasteiger partial charge is 0.311 e. The van der Waals surface area contributed by atoms with E-state index < -0.39 is 11.4 Å². The Kier molecular flexibility index (Phi) is 5.31. The number of aromatic nitrogens is 1. The molecule has 2 aromatic carbocycles. The van der Waals surface area contributed by atoms with E-state index in [-0.39, 0.29) is 30.6 Å². The Bertz CT molecular complexity index is 1170. The summed E-state index contributed by atoms with van der Waals surface area (Å²) in [5.74, 6) is -0.950. The van der Waals surface area contributed by atoms with Crippen LogP contribution in [0.4, 0.5) is 10.2 Å². The van der Waals surface area contributed by atoms with Crippen molar-refractivity contribution in [3.63, 3.8) is 0 Å². The highest BCUT2D eigenvalue weighted by Crippen LogP contribution is 2.47. The Morgan fingerprint density at radius 2 is 2.00 bits per heavy atom. The highest BCUT2D eigenvalue weighted by molar-refractivity contribution is 5.99. The van der Waals surface area contributed by atoms with Gasteiger partial charge in [0, 0.05) is 36.1 Å². The Morgan fingerprint density at radius 1 is 1.26 bits per heavy atom. The second kappa shape index (κ2) is 7.81. The van der Waals surface area contributed by atoms with Crippen LogP contribution < -0.4 is 5.32 Å². The van der Waals surface area contributed by atoms with E-state index >= 15 is 0 Å². The number of carboxylic acids is 1. The van der Waals surface area contributed by atoms with E-state index in [4.69, 9.17) is 0 Å². The number of aryl methyl sites for hydroxylation is 1. The summed E-state index contributed by atoms with van der Waals surface area (Å²) in [7, 11) is 0. The van der Waals surface area contributed by atoms with Gasteiger partial charge in [-0.15, -0.1) is 0 Å². The Morgan fingerprint density at radius 3 is 2.61 bits per heavy atom. The van der Waals surface area contributed by atoms with Crippen molar-refractivity contribution < 1.29 is 24.5 Å². The minimum Gasteiger partial charge on any atom is -0.508 e. The molecule has 1 heterocycles. The summed E-state index contributed by atoms with van der Waals surface area (Å²) in [6, 6.07) is 9.69. The van der Waals surface area contributed by atoms with Gasteiger partial charge in [-0.1, -0.05) is 13.0 Å². The summed E-state index contributed by atoms with van der Waals surface area (Å²) in [5, 5.41) is 33.5. The summed E-state index contributed by atoms with van der Waals surface area (Å²) in [5.41, 5.74) is 2.47. The maximum atomic E-state index is 14.0. The third-order valence-electron chi connectivity index (χ3n) is 6.12. The molecule has 1 aromatic heterocycles. The molecule has 4 rings (SSSR count). The van der Waals surface area contributed by atoms with Gasteiger partial charge in [0.25, 0.3) is 0 Å². The predicted octanol–water partition coefficient (Wildman–Crippen LogP) is 4.43. The number of hydrogen-bond donors (Lipinski definition) is 4. The summed E-state index contributed by atoms with van der Waals surface area (Å²) in [6.45, 7) is 3.62. The number of anilines is 1. The molecule has 0 saturated heterocycles. The van der Waals surface area contributed by atoms with Crippen LogP contribution >= 0.6 is 0 Å². The first-order chi connectivity index (χ1) is 14.8. The highest BCUT2D eigenvalue weighted by Gasteiger charge is 2.50. The molecule has 7 heteroatoms. The molecule has 3 aromatic rings. The number of carboxylic acid groups (broad SMARTS) is 1. The number of phenolic OH excluding ortho intramolecular Hbond substituents is 1. The topological polar surface area (TPSA) is 103 Å². The lowest BCUT2D eigenvalue weighted by Crippen LogP contribution is -2.25. The van der Waals surface area contributed by atoms with Crippen molar-refractivity contribution in [3.8, 4) is 16.9 Å². The van der Waals surface area contributed by atoms with Crippen LogP contribution in [0, 0.1) is 18.2 Å². The lowest BCUT2D eigenvalue weighted by molar-refractivity contribution is -0.142. The molecule has 162 valence electrons. The number of aliphatic hydroxyl groups excluding tert-OH is 1. The number of phenols is 1. The van der Waals surface area contributed by atoms with Gasteiger partial charge in [0.15, 0.2) is 0 Å². The fourth-order valence-corrected chi connectivity index (χ4v) is 3.96. The molecule has 0 aliphatic heterocycles. The van der Waals surface area contributed by atoms with Crippen LogP contribution in [-0.2, 0) is 4.79 Å². The third kappa shape index (κ3) is 3.81. The van der Waals surface area contributed by atoms with Crippen molar-refractivity contribution in [2.75, 3.05) is 18.5 Å². The number of benzene rings is 2. The van der Waals surface area contributed by atoms with Gasteiger partial charge >= 0.3 is 5.97 Å². The van der Waals surface area contributed by atoms with Gasteiger partial charge < -0.3 is 20.6 Å². The van der Waals surface area contributed by atoms with Crippen molar-refractivity contribution >= 4 is 22.7 Å². The zero-order valence-electron chi connectivity index (χ0n) is 17.4. The van der Waals surface area contributed by atoms with Crippen molar-refractivity contribution in [2.45, 2.75) is 32.6 Å². The monoisotopic (exact) mass is 424 g/mol. The Balaban J connectivity index is 1.95. The molecule has 1 aliphatic rings. The lowest BCUT2D eigenvalue weighted by atomic mass is 9.88. The van der Waals surface area contributed by atoms with Gasteiger partial charge in [-0.2, -0.15) is 0 Å². The Labute approximate surface area is 179 Å². The van der Waals surface area contributed by atoms with Gasteiger partial charge in [-0.25, -0.2) is 9.37 Å². The Hall–Kier alpha value is -3.19. The van der Waals surface area contributed by atoms with Crippen molar-refractivity contribution in [2.24, 2.45) is 5.41 Å². The van der Waals surface area contributed by atoms with E-state index in [1.165, 1.54) is 12.1 Å². The fourth-order valence-electron chi connectivity index (χ4n) is 3.96. The number of aliphatic carboxylic acids is 1. The number of nitrogens with zero attached hydrogens (tertiary/aromatic N) is 1. The number of rotatable bonds is 7. The molecule has 1 aliphatic carbocycles. The maximum Gasteiger partial charge on any atom is 0.311 e. The van der Waals surface area contributed by atoms with Crippen LogP contribution in [0.2, 0.25) is 0 Å². The normalized spacial score (nSPS) is 15.6. The summed E-state index contributed by atoms with van der Waals surface area (Å²) in [6.07, 6.45) is 1.19. The minimum absolute atomic E-state index is 0.0549. The number of nitrogens with one attached hydrogen (secondary N) is 1. The van der Waals surface area contributed by atoms with Crippen molar-refractivity contribution in [3.05, 3.63) is 53.3 Å². The zero-order valence-corrected chi connectivity index (χ0v) is 17.4. The molecule has 1 unspecified atom stereocenters. The van der Waals surface area contributed by atoms with Gasteiger partial charge in [0.2, 0.25) is 0 Å². The first-order valence-corrected chi connectivity index (χ1v) is 10.3. The number of fused-ring (bicyclic) bond motifs is 1. The molecule has 0 bridgehead atoms. The predicted molar refractivity (Wildman–Crippen MR) is 117 cm³/mol. The third-order valence-corrected chi connectivity index (χ3v) is 6.12. The number of aromatic hydroxyl groups is 1. The first kappa shape index (κ1) is 21.1. The van der Waals surface area contributed by atoms with Gasteiger partial charge in [0.1, 0.15) is 17.4 Å². The quantitative estimate of drug-likeness (QED) is 0.448. The average molecular weight is 424 g/mol.